The second-order valence-electron chi connectivity index (χ2n) is 12.9. The van der Waals surface area contributed by atoms with Gasteiger partial charge in [-0.15, -0.1) is 0 Å². The fraction of sp³-hybridized carbons (Fsp3) is 0.629. The number of aryl methyl sites for hydroxylation is 3. The molecule has 0 radical (unpaired) electrons. The maximum atomic E-state index is 13.3. The van der Waals surface area contributed by atoms with Crippen molar-refractivity contribution in [3.63, 3.8) is 0 Å². The number of amides is 2. The lowest BCUT2D eigenvalue weighted by Gasteiger charge is -2.38. The summed E-state index contributed by atoms with van der Waals surface area (Å²) in [6.07, 6.45) is 11.4. The third-order valence-electron chi connectivity index (χ3n) is 9.49. The topological polar surface area (TPSA) is 56.8 Å². The number of unbranched alkanes of at least 4 members (excludes halogenated alkanes) is 1. The molecule has 0 spiro atoms. The molecule has 0 bridgehead atoms. The highest BCUT2D eigenvalue weighted by atomic mass is 127. The molecule has 2 amide bonds. The van der Waals surface area contributed by atoms with Crippen LogP contribution in [0.25, 0.3) is 0 Å². The van der Waals surface area contributed by atoms with E-state index < -0.39 is 0 Å². The van der Waals surface area contributed by atoms with E-state index in [0.717, 1.165) is 64.7 Å². The molecule has 236 valence electrons. The number of fused-ring (bicyclic) bond motifs is 2. The van der Waals surface area contributed by atoms with Crippen LogP contribution in [0, 0.1) is 22.3 Å². The van der Waals surface area contributed by atoms with Gasteiger partial charge in [-0.3, -0.25) is 19.5 Å². The van der Waals surface area contributed by atoms with E-state index in [1.54, 1.807) is 19.0 Å². The van der Waals surface area contributed by atoms with Crippen molar-refractivity contribution in [2.45, 2.75) is 84.5 Å². The van der Waals surface area contributed by atoms with Crippen LogP contribution in [0.1, 0.15) is 92.7 Å². The largest absolute Gasteiger partial charge is 0.348 e. The maximum absolute atomic E-state index is 13.3. The number of pyridine rings is 1. The van der Waals surface area contributed by atoms with Gasteiger partial charge in [-0.05, 0) is 127 Å². The van der Waals surface area contributed by atoms with E-state index in [2.05, 4.69) is 87.3 Å². The normalized spacial score (nSPS) is 19.5. The SMILES string of the molecule is CCCC.Cc1cc(Br)c2c(c1)CCc1cc(I)cnc1C2C1CCN(C(=O)CC2CCN(CC(=O)N(C)C)CC2)CC1. The number of hydrogen-bond donors (Lipinski definition) is 0. The van der Waals surface area contributed by atoms with E-state index in [0.29, 0.717) is 30.7 Å². The Kier molecular flexibility index (Phi) is 12.9. The first-order valence-corrected chi connectivity index (χ1v) is 18.1. The Hall–Kier alpha value is -1.52. The van der Waals surface area contributed by atoms with Crippen LogP contribution in [-0.2, 0) is 22.4 Å². The van der Waals surface area contributed by atoms with Gasteiger partial charge in [0.15, 0.2) is 0 Å². The first-order chi connectivity index (χ1) is 20.6. The van der Waals surface area contributed by atoms with E-state index in [1.807, 2.05) is 6.20 Å². The van der Waals surface area contributed by atoms with Crippen LogP contribution in [0.4, 0.5) is 0 Å². The number of carbonyl (C=O) groups is 2. The molecule has 1 atom stereocenters. The number of likely N-dealkylation sites (N-methyl/N-ethyl adjacent to an activating group) is 1. The highest BCUT2D eigenvalue weighted by Gasteiger charge is 2.36. The summed E-state index contributed by atoms with van der Waals surface area (Å²) >= 11 is 6.31. The molecular weight excluding hydrogens is 715 g/mol. The van der Waals surface area contributed by atoms with Crippen LogP contribution in [-0.4, -0.2) is 78.3 Å². The Bertz CT molecular complexity index is 1250. The van der Waals surface area contributed by atoms with Crippen LogP contribution in [0.5, 0.6) is 0 Å². The quantitative estimate of drug-likeness (QED) is 0.292. The fourth-order valence-corrected chi connectivity index (χ4v) is 8.13. The summed E-state index contributed by atoms with van der Waals surface area (Å²) in [5.74, 6) is 1.61. The summed E-state index contributed by atoms with van der Waals surface area (Å²) < 4.78 is 2.40. The van der Waals surface area contributed by atoms with Crippen molar-refractivity contribution in [3.05, 3.63) is 60.4 Å². The summed E-state index contributed by atoms with van der Waals surface area (Å²) in [4.78, 5) is 36.4. The molecule has 1 aliphatic carbocycles. The zero-order chi connectivity index (χ0) is 31.1. The summed E-state index contributed by atoms with van der Waals surface area (Å²) in [7, 11) is 3.61. The van der Waals surface area contributed by atoms with Crippen LogP contribution in [0.3, 0.4) is 0 Å². The summed E-state index contributed by atoms with van der Waals surface area (Å²) in [6, 6.07) is 6.94. The minimum absolute atomic E-state index is 0.151. The van der Waals surface area contributed by atoms with Gasteiger partial charge in [0.25, 0.3) is 0 Å². The summed E-state index contributed by atoms with van der Waals surface area (Å²) in [5, 5.41) is 0. The van der Waals surface area contributed by atoms with Crippen LogP contribution >= 0.6 is 38.5 Å². The van der Waals surface area contributed by atoms with Gasteiger partial charge in [0.1, 0.15) is 0 Å². The van der Waals surface area contributed by atoms with Crippen LogP contribution in [0.15, 0.2) is 28.9 Å². The van der Waals surface area contributed by atoms with Crippen molar-refractivity contribution in [3.8, 4) is 0 Å². The number of rotatable bonds is 6. The lowest BCUT2D eigenvalue weighted by atomic mass is 9.76. The van der Waals surface area contributed by atoms with Crippen LogP contribution in [0.2, 0.25) is 0 Å². The van der Waals surface area contributed by atoms with Crippen molar-refractivity contribution >= 4 is 50.3 Å². The molecule has 2 aromatic rings. The molecule has 1 unspecified atom stereocenters. The number of hydrogen-bond acceptors (Lipinski definition) is 4. The van der Waals surface area contributed by atoms with Gasteiger partial charge in [-0.1, -0.05) is 48.7 Å². The third-order valence-corrected chi connectivity index (χ3v) is 10.7. The molecule has 3 heterocycles. The molecular formula is C35H50BrIN4O2. The Balaban J connectivity index is 0.000000996. The number of likely N-dealkylation sites (tertiary alicyclic amines) is 2. The lowest BCUT2D eigenvalue weighted by molar-refractivity contribution is -0.134. The van der Waals surface area contributed by atoms with Gasteiger partial charge in [0.2, 0.25) is 11.8 Å². The molecule has 8 heteroatoms. The lowest BCUT2D eigenvalue weighted by Crippen LogP contribution is -2.43. The van der Waals surface area contributed by atoms with Crippen molar-refractivity contribution in [2.24, 2.45) is 11.8 Å². The molecule has 1 aromatic heterocycles. The van der Waals surface area contributed by atoms with Gasteiger partial charge in [-0.2, -0.15) is 0 Å². The van der Waals surface area contributed by atoms with E-state index in [1.165, 1.54) is 48.8 Å². The number of benzene rings is 1. The van der Waals surface area contributed by atoms with Crippen LogP contribution < -0.4 is 0 Å². The summed E-state index contributed by atoms with van der Waals surface area (Å²) in [6.45, 7) is 10.5. The Morgan fingerprint density at radius 3 is 2.26 bits per heavy atom. The minimum Gasteiger partial charge on any atom is -0.348 e. The fourth-order valence-electron chi connectivity index (χ4n) is 6.76. The molecule has 2 saturated heterocycles. The molecule has 1 aromatic carbocycles. The van der Waals surface area contributed by atoms with E-state index in [-0.39, 0.29) is 11.8 Å². The number of carbonyl (C=O) groups excluding carboxylic acids is 2. The average Bonchev–Trinajstić information content (AvgIpc) is 3.15. The second-order valence-corrected chi connectivity index (χ2v) is 15.0. The van der Waals surface area contributed by atoms with E-state index >= 15 is 0 Å². The van der Waals surface area contributed by atoms with Crippen molar-refractivity contribution in [1.82, 2.24) is 19.7 Å². The molecule has 5 rings (SSSR count). The van der Waals surface area contributed by atoms with Crippen molar-refractivity contribution in [1.29, 1.82) is 0 Å². The predicted molar refractivity (Wildman–Crippen MR) is 187 cm³/mol. The molecule has 2 aliphatic heterocycles. The van der Waals surface area contributed by atoms with Gasteiger partial charge in [0, 0.05) is 53.8 Å². The zero-order valence-electron chi connectivity index (χ0n) is 26.8. The third kappa shape index (κ3) is 9.03. The minimum atomic E-state index is 0.151. The standard InChI is InChI=1S/C31H40BrIN4O2.C4H10/c1-20-14-23-4-5-24-17-25(33)18-34-31(24)30(29(23)26(32)15-20)22-8-12-37(13-9-22)27(38)16-21-6-10-36(11-7-21)19-28(39)35(2)3;1-3-4-2/h14-15,17-18,21-22,30H,4-13,16,19H2,1-3H3;3-4H2,1-2H3. The first kappa shape index (κ1) is 34.4. The van der Waals surface area contributed by atoms with Gasteiger partial charge in [-0.25, -0.2) is 0 Å². The van der Waals surface area contributed by atoms with Gasteiger partial charge < -0.3 is 9.80 Å². The Morgan fingerprint density at radius 2 is 1.63 bits per heavy atom. The zero-order valence-corrected chi connectivity index (χ0v) is 30.5. The molecule has 3 aliphatic rings. The number of nitrogens with zero attached hydrogens (tertiary/aromatic N) is 4. The number of piperidine rings is 2. The number of halogens is 2. The molecule has 43 heavy (non-hydrogen) atoms. The van der Waals surface area contributed by atoms with E-state index in [9.17, 15) is 9.59 Å². The molecule has 2 fully saturated rings. The Labute approximate surface area is 281 Å². The average molecular weight is 766 g/mol. The first-order valence-electron chi connectivity index (χ1n) is 16.2. The monoisotopic (exact) mass is 764 g/mol. The predicted octanol–water partition coefficient (Wildman–Crippen LogP) is 7.22. The smallest absolute Gasteiger partial charge is 0.236 e. The van der Waals surface area contributed by atoms with E-state index in [4.69, 9.17) is 4.98 Å². The molecule has 0 N–H and O–H groups in total. The summed E-state index contributed by atoms with van der Waals surface area (Å²) in [5.41, 5.74) is 6.77. The molecule has 6 nitrogen and oxygen atoms in total. The van der Waals surface area contributed by atoms with Crippen molar-refractivity contribution < 1.29 is 9.59 Å². The highest BCUT2D eigenvalue weighted by Crippen LogP contribution is 2.45. The number of aromatic nitrogens is 1. The molecule has 0 saturated carbocycles. The van der Waals surface area contributed by atoms with Gasteiger partial charge >= 0.3 is 0 Å². The second kappa shape index (κ2) is 16.2. The van der Waals surface area contributed by atoms with Gasteiger partial charge in [0.05, 0.1) is 12.2 Å². The Morgan fingerprint density at radius 1 is 0.977 bits per heavy atom. The van der Waals surface area contributed by atoms with Crippen molar-refractivity contribution in [2.75, 3.05) is 46.8 Å². The maximum Gasteiger partial charge on any atom is 0.236 e. The highest BCUT2D eigenvalue weighted by molar-refractivity contribution is 14.1.